The van der Waals surface area contributed by atoms with Gasteiger partial charge in [-0.2, -0.15) is 0 Å². The molecule has 0 unspecified atom stereocenters. The molecule has 7 nitrogen and oxygen atoms in total. The summed E-state index contributed by atoms with van der Waals surface area (Å²) in [5.41, 5.74) is 1.42. The van der Waals surface area contributed by atoms with Crippen LogP contribution in [0.3, 0.4) is 0 Å². The van der Waals surface area contributed by atoms with Crippen LogP contribution in [0.4, 0.5) is 0 Å². The molecule has 1 heterocycles. The van der Waals surface area contributed by atoms with Crippen LogP contribution in [0, 0.1) is 0 Å². The topological polar surface area (TPSA) is 78.3 Å². The predicted molar refractivity (Wildman–Crippen MR) is 132 cm³/mol. The number of hydrogen-bond acceptors (Lipinski definition) is 6. The highest BCUT2D eigenvalue weighted by atomic mass is 32.2. The van der Waals surface area contributed by atoms with E-state index in [-0.39, 0.29) is 12.5 Å². The van der Waals surface area contributed by atoms with E-state index in [0.29, 0.717) is 18.0 Å². The molecular weight excluding hydrogens is 436 g/mol. The maximum Gasteiger partial charge on any atom is 0.251 e. The molecule has 0 aliphatic heterocycles. The maximum absolute atomic E-state index is 12.7. The normalized spacial score (nSPS) is 10.8. The van der Waals surface area contributed by atoms with Crippen molar-refractivity contribution in [2.24, 2.45) is 0 Å². The van der Waals surface area contributed by atoms with Crippen molar-refractivity contribution in [3.05, 3.63) is 59.9 Å². The molecule has 0 aliphatic carbocycles. The number of ether oxygens (including phenoxy) is 2. The summed E-state index contributed by atoms with van der Waals surface area (Å²) in [6.07, 6.45) is 4.29. The lowest BCUT2D eigenvalue weighted by molar-refractivity contribution is 0.0949. The van der Waals surface area contributed by atoms with Gasteiger partial charge >= 0.3 is 0 Å². The van der Waals surface area contributed by atoms with Gasteiger partial charge in [0, 0.05) is 11.3 Å². The number of nitrogens with one attached hydrogen (secondary N) is 1. The third-order valence-electron chi connectivity index (χ3n) is 5.05. The maximum atomic E-state index is 12.7. The molecule has 3 aromatic rings. The Balaban J connectivity index is 1.74. The fraction of sp³-hybridized carbons (Fsp3) is 0.400. The van der Waals surface area contributed by atoms with Crippen LogP contribution in [0.5, 0.6) is 11.5 Å². The number of nitrogens with zero attached hydrogens (tertiary/aromatic N) is 3. The molecule has 0 aliphatic rings. The largest absolute Gasteiger partial charge is 0.495 e. The quantitative estimate of drug-likeness (QED) is 0.272. The zero-order valence-electron chi connectivity index (χ0n) is 19.5. The Kier molecular flexibility index (Phi) is 9.62. The highest BCUT2D eigenvalue weighted by molar-refractivity contribution is 7.99. The van der Waals surface area contributed by atoms with Crippen molar-refractivity contribution in [2.45, 2.75) is 51.2 Å². The van der Waals surface area contributed by atoms with Gasteiger partial charge in [-0.25, -0.2) is 0 Å². The molecule has 0 bridgehead atoms. The number of rotatable bonds is 13. The number of amides is 1. The van der Waals surface area contributed by atoms with Crippen molar-refractivity contribution in [3.8, 4) is 17.2 Å². The lowest BCUT2D eigenvalue weighted by Gasteiger charge is -2.14. The molecule has 1 aromatic heterocycles. The molecule has 8 heteroatoms. The standard InChI is InChI=1S/C25H32N4O3S/c1-4-6-16-32-20-14-12-19(13-15-20)24(30)26-18-23-27-28-25(33-17-7-5-2)29(23)21-10-8-9-11-22(21)31-3/h8-15H,4-7,16-18H2,1-3H3,(H,26,30). The lowest BCUT2D eigenvalue weighted by atomic mass is 10.2. The molecule has 0 radical (unpaired) electrons. The van der Waals surface area contributed by atoms with E-state index in [1.807, 2.05) is 41.0 Å². The number of benzene rings is 2. The van der Waals surface area contributed by atoms with Crippen molar-refractivity contribution in [1.29, 1.82) is 0 Å². The average Bonchev–Trinajstić information content (AvgIpc) is 3.25. The van der Waals surface area contributed by atoms with Gasteiger partial charge in [0.05, 0.1) is 25.9 Å². The molecule has 0 saturated heterocycles. The monoisotopic (exact) mass is 468 g/mol. The molecule has 0 fully saturated rings. The van der Waals surface area contributed by atoms with E-state index >= 15 is 0 Å². The smallest absolute Gasteiger partial charge is 0.251 e. The van der Waals surface area contributed by atoms with Gasteiger partial charge < -0.3 is 14.8 Å². The van der Waals surface area contributed by atoms with E-state index in [0.717, 1.165) is 53.8 Å². The van der Waals surface area contributed by atoms with Crippen LogP contribution in [0.1, 0.15) is 55.7 Å². The Morgan fingerprint density at radius 3 is 2.52 bits per heavy atom. The van der Waals surface area contributed by atoms with Crippen LogP contribution in [0.15, 0.2) is 53.7 Å². The minimum Gasteiger partial charge on any atom is -0.495 e. The zero-order valence-corrected chi connectivity index (χ0v) is 20.4. The summed E-state index contributed by atoms with van der Waals surface area (Å²) in [6, 6.07) is 14.9. The molecule has 3 rings (SSSR count). The minimum atomic E-state index is -0.176. The van der Waals surface area contributed by atoms with E-state index in [1.165, 1.54) is 0 Å². The number of aromatic nitrogens is 3. The van der Waals surface area contributed by atoms with Crippen LogP contribution in [0.25, 0.3) is 5.69 Å². The van der Waals surface area contributed by atoms with Crippen molar-refractivity contribution in [3.63, 3.8) is 0 Å². The van der Waals surface area contributed by atoms with Crippen molar-refractivity contribution < 1.29 is 14.3 Å². The number of carbonyl (C=O) groups excluding carboxylic acids is 1. The fourth-order valence-electron chi connectivity index (χ4n) is 3.17. The highest BCUT2D eigenvalue weighted by Crippen LogP contribution is 2.29. The van der Waals surface area contributed by atoms with Crippen LogP contribution in [-0.2, 0) is 6.54 Å². The van der Waals surface area contributed by atoms with Gasteiger partial charge in [-0.1, -0.05) is 50.6 Å². The third-order valence-corrected chi connectivity index (χ3v) is 6.06. The Labute approximate surface area is 199 Å². The zero-order chi connectivity index (χ0) is 23.5. The molecule has 0 atom stereocenters. The predicted octanol–water partition coefficient (Wildman–Crippen LogP) is 5.28. The summed E-state index contributed by atoms with van der Waals surface area (Å²) >= 11 is 1.65. The van der Waals surface area contributed by atoms with Gasteiger partial charge in [0.15, 0.2) is 11.0 Å². The molecule has 33 heavy (non-hydrogen) atoms. The van der Waals surface area contributed by atoms with Gasteiger partial charge in [0.2, 0.25) is 0 Å². The molecule has 1 amide bonds. The first kappa shape index (κ1) is 24.6. The van der Waals surface area contributed by atoms with Gasteiger partial charge in [0.1, 0.15) is 11.5 Å². The van der Waals surface area contributed by atoms with E-state index in [2.05, 4.69) is 29.4 Å². The number of hydrogen-bond donors (Lipinski definition) is 1. The van der Waals surface area contributed by atoms with Crippen LogP contribution in [0.2, 0.25) is 0 Å². The Morgan fingerprint density at radius 1 is 1.03 bits per heavy atom. The lowest BCUT2D eigenvalue weighted by Crippen LogP contribution is -2.24. The molecule has 2 aromatic carbocycles. The molecule has 0 spiro atoms. The fourth-order valence-corrected chi connectivity index (χ4v) is 4.22. The second-order valence-corrected chi connectivity index (χ2v) is 8.58. The van der Waals surface area contributed by atoms with Crippen molar-refractivity contribution in [1.82, 2.24) is 20.1 Å². The van der Waals surface area contributed by atoms with E-state index in [9.17, 15) is 4.79 Å². The Morgan fingerprint density at radius 2 is 1.79 bits per heavy atom. The van der Waals surface area contributed by atoms with E-state index in [1.54, 1.807) is 31.0 Å². The second-order valence-electron chi connectivity index (χ2n) is 7.52. The van der Waals surface area contributed by atoms with Gasteiger partial charge in [0.25, 0.3) is 5.91 Å². The third kappa shape index (κ3) is 6.74. The highest BCUT2D eigenvalue weighted by Gasteiger charge is 2.18. The molecule has 1 N–H and O–H groups in total. The summed E-state index contributed by atoms with van der Waals surface area (Å²) in [5, 5.41) is 12.5. The summed E-state index contributed by atoms with van der Waals surface area (Å²) < 4.78 is 13.2. The Bertz CT molecular complexity index is 1020. The van der Waals surface area contributed by atoms with Gasteiger partial charge in [-0.15, -0.1) is 10.2 Å². The van der Waals surface area contributed by atoms with Crippen LogP contribution in [-0.4, -0.2) is 40.1 Å². The van der Waals surface area contributed by atoms with Gasteiger partial charge in [-0.05, 0) is 49.2 Å². The first-order valence-corrected chi connectivity index (χ1v) is 12.4. The first-order chi connectivity index (χ1) is 16.2. The summed E-state index contributed by atoms with van der Waals surface area (Å²) in [6.45, 7) is 5.21. The second kappa shape index (κ2) is 12.9. The van der Waals surface area contributed by atoms with Gasteiger partial charge in [-0.3, -0.25) is 9.36 Å². The van der Waals surface area contributed by atoms with Crippen LogP contribution >= 0.6 is 11.8 Å². The SMILES string of the molecule is CCCCOc1ccc(C(=O)NCc2nnc(SCCCC)n2-c2ccccc2OC)cc1. The van der Waals surface area contributed by atoms with Crippen molar-refractivity contribution in [2.75, 3.05) is 19.5 Å². The Hall–Kier alpha value is -3.00. The average molecular weight is 469 g/mol. The molecular formula is C25H32N4O3S. The molecule has 0 saturated carbocycles. The van der Waals surface area contributed by atoms with Crippen molar-refractivity contribution >= 4 is 17.7 Å². The number of para-hydroxylation sites is 2. The van der Waals surface area contributed by atoms with Crippen LogP contribution < -0.4 is 14.8 Å². The molecule has 176 valence electrons. The number of thioether (sulfide) groups is 1. The summed E-state index contributed by atoms with van der Waals surface area (Å²) in [7, 11) is 1.64. The minimum absolute atomic E-state index is 0.176. The summed E-state index contributed by atoms with van der Waals surface area (Å²) in [4.78, 5) is 12.7. The number of carbonyl (C=O) groups is 1. The van der Waals surface area contributed by atoms with E-state index < -0.39 is 0 Å². The van der Waals surface area contributed by atoms with E-state index in [4.69, 9.17) is 9.47 Å². The summed E-state index contributed by atoms with van der Waals surface area (Å²) in [5.74, 6) is 2.91. The first-order valence-electron chi connectivity index (χ1n) is 11.4. The number of unbranched alkanes of at least 4 members (excludes halogenated alkanes) is 2. The number of methoxy groups -OCH3 is 1.